The second-order valence-electron chi connectivity index (χ2n) is 16.5. The number of ether oxygens (including phenoxy) is 2. The van der Waals surface area contributed by atoms with Gasteiger partial charge in [-0.1, -0.05) is 136 Å². The fourth-order valence-electron chi connectivity index (χ4n) is 6.53. The van der Waals surface area contributed by atoms with Crippen LogP contribution in [0.3, 0.4) is 0 Å². The van der Waals surface area contributed by atoms with Gasteiger partial charge in [0.05, 0.1) is 6.61 Å². The van der Waals surface area contributed by atoms with E-state index >= 15 is 0 Å². The summed E-state index contributed by atoms with van der Waals surface area (Å²) < 4.78 is 49.2. The summed E-state index contributed by atoms with van der Waals surface area (Å²) in [7, 11) is -10.8. The molecule has 1 rings (SSSR count). The molecule has 19 heteroatoms. The lowest BCUT2D eigenvalue weighted by Gasteiger charge is -2.43. The molecule has 0 aromatic carbocycles. The van der Waals surface area contributed by atoms with Crippen molar-refractivity contribution in [3.63, 3.8) is 0 Å². The monoisotopic (exact) mass is 1030 g/mol. The summed E-state index contributed by atoms with van der Waals surface area (Å²) in [5.74, 6) is -1.72. The Balaban J connectivity index is 2.70. The SMILES string of the molecule is CC/C=C\C/C=C\C/C=C\C/C=C\C/C=C\CCCCCC(=O)O[C@H](COC(=O)CCCC(=O)/C=C/C=C\C/C=C\C/C=C\CCCCC)COP(=O)(O)O[C@H]1C(O)C(O)C(O)[C@@H](OP(=O)(O)O)C1O. The van der Waals surface area contributed by atoms with E-state index in [4.69, 9.17) is 18.5 Å². The third-order valence-electron chi connectivity index (χ3n) is 10.3. The molecule has 0 bridgehead atoms. The Morgan fingerprint density at radius 1 is 0.514 bits per heavy atom. The zero-order chi connectivity index (χ0) is 51.9. The summed E-state index contributed by atoms with van der Waals surface area (Å²) in [5.41, 5.74) is 0. The Labute approximate surface area is 414 Å². The van der Waals surface area contributed by atoms with Crippen LogP contribution in [0.15, 0.2) is 109 Å². The van der Waals surface area contributed by atoms with E-state index in [-0.39, 0.29) is 31.5 Å². The Hall–Kier alpha value is -3.67. The second-order valence-corrected chi connectivity index (χ2v) is 19.1. The van der Waals surface area contributed by atoms with E-state index < -0.39 is 83.5 Å². The van der Waals surface area contributed by atoms with Gasteiger partial charge in [-0.05, 0) is 89.5 Å². The summed E-state index contributed by atoms with van der Waals surface area (Å²) in [4.78, 5) is 66.6. The number of phosphoric acid groups is 2. The normalized spacial score (nSPS) is 21.8. The van der Waals surface area contributed by atoms with Crippen molar-refractivity contribution in [2.45, 2.75) is 179 Å². The number of hydrogen-bond acceptors (Lipinski definition) is 14. The molecular weight excluding hydrogens is 946 g/mol. The fraction of sp³-hybridized carbons (Fsp3) is 0.588. The number of carbonyl (C=O) groups excluding carboxylic acids is 3. The van der Waals surface area contributed by atoms with Crippen molar-refractivity contribution in [3.8, 4) is 0 Å². The van der Waals surface area contributed by atoms with Crippen LogP contribution in [-0.4, -0.2) is 109 Å². The minimum Gasteiger partial charge on any atom is -0.462 e. The van der Waals surface area contributed by atoms with Crippen molar-refractivity contribution in [1.29, 1.82) is 0 Å². The molecule has 7 N–H and O–H groups in total. The zero-order valence-corrected chi connectivity index (χ0v) is 42.7. The van der Waals surface area contributed by atoms with Gasteiger partial charge in [0.1, 0.15) is 43.2 Å². The van der Waals surface area contributed by atoms with E-state index in [0.717, 1.165) is 57.8 Å². The third kappa shape index (κ3) is 33.8. The lowest BCUT2D eigenvalue weighted by molar-refractivity contribution is -0.216. The maximum atomic E-state index is 13.0. The zero-order valence-electron chi connectivity index (χ0n) is 40.9. The van der Waals surface area contributed by atoms with E-state index in [9.17, 15) is 58.6 Å². The molecule has 0 aromatic heterocycles. The van der Waals surface area contributed by atoms with Gasteiger partial charge in [-0.25, -0.2) is 9.13 Å². The molecule has 1 saturated carbocycles. The van der Waals surface area contributed by atoms with E-state index in [1.165, 1.54) is 25.3 Å². The van der Waals surface area contributed by atoms with Crippen molar-refractivity contribution in [1.82, 2.24) is 0 Å². The van der Waals surface area contributed by atoms with Gasteiger partial charge in [0.2, 0.25) is 0 Å². The molecule has 0 spiro atoms. The first-order valence-electron chi connectivity index (χ1n) is 24.4. The molecule has 0 aliphatic heterocycles. The number of esters is 2. The molecule has 1 fully saturated rings. The van der Waals surface area contributed by atoms with E-state index in [1.807, 2.05) is 12.2 Å². The highest BCUT2D eigenvalue weighted by molar-refractivity contribution is 7.47. The highest BCUT2D eigenvalue weighted by atomic mass is 31.2. The molecule has 5 unspecified atom stereocenters. The molecule has 0 saturated heterocycles. The van der Waals surface area contributed by atoms with Gasteiger partial charge in [-0.3, -0.25) is 28.0 Å². The first-order chi connectivity index (χ1) is 33.5. The van der Waals surface area contributed by atoms with Gasteiger partial charge in [0.15, 0.2) is 11.9 Å². The smallest absolute Gasteiger partial charge is 0.462 e. The molecule has 1 aliphatic carbocycles. The molecule has 0 amide bonds. The van der Waals surface area contributed by atoms with Gasteiger partial charge in [0.25, 0.3) is 0 Å². The van der Waals surface area contributed by atoms with Crippen LogP contribution in [-0.2, 0) is 46.6 Å². The highest BCUT2D eigenvalue weighted by Crippen LogP contribution is 2.49. The van der Waals surface area contributed by atoms with Crippen LogP contribution in [0.5, 0.6) is 0 Å². The average Bonchev–Trinajstić information content (AvgIpc) is 3.31. The van der Waals surface area contributed by atoms with Crippen LogP contribution in [0.4, 0.5) is 0 Å². The molecule has 8 atom stereocenters. The van der Waals surface area contributed by atoms with E-state index in [1.54, 1.807) is 12.2 Å². The Kier molecular flexibility index (Phi) is 36.7. The minimum atomic E-state index is -5.40. The van der Waals surface area contributed by atoms with Crippen LogP contribution >= 0.6 is 15.6 Å². The van der Waals surface area contributed by atoms with Crippen LogP contribution in [0.25, 0.3) is 0 Å². The molecule has 0 heterocycles. The lowest BCUT2D eigenvalue weighted by atomic mass is 9.85. The van der Waals surface area contributed by atoms with Crippen molar-refractivity contribution < 1.29 is 81.7 Å². The number of hydrogen-bond donors (Lipinski definition) is 7. The molecular formula is C51H80O17P2. The van der Waals surface area contributed by atoms with Crippen LogP contribution in [0.2, 0.25) is 0 Å². The molecule has 70 heavy (non-hydrogen) atoms. The number of phosphoric ester groups is 2. The summed E-state index contributed by atoms with van der Waals surface area (Å²) in [6.07, 6.45) is 34.7. The summed E-state index contributed by atoms with van der Waals surface area (Å²) in [6, 6.07) is 0. The first kappa shape index (κ1) is 64.3. The lowest BCUT2D eigenvalue weighted by Crippen LogP contribution is -2.64. The van der Waals surface area contributed by atoms with Crippen molar-refractivity contribution in [3.05, 3.63) is 109 Å². The summed E-state index contributed by atoms with van der Waals surface area (Å²) >= 11 is 0. The molecule has 0 aromatic rings. The largest absolute Gasteiger partial charge is 0.472 e. The summed E-state index contributed by atoms with van der Waals surface area (Å²) in [6.45, 7) is 2.72. The predicted molar refractivity (Wildman–Crippen MR) is 269 cm³/mol. The molecule has 17 nitrogen and oxygen atoms in total. The van der Waals surface area contributed by atoms with E-state index in [0.29, 0.717) is 19.3 Å². The molecule has 396 valence electrons. The van der Waals surface area contributed by atoms with Gasteiger partial charge < -0.3 is 44.6 Å². The summed E-state index contributed by atoms with van der Waals surface area (Å²) in [5, 5.41) is 41.3. The van der Waals surface area contributed by atoms with E-state index in [2.05, 4.69) is 97.4 Å². The van der Waals surface area contributed by atoms with Gasteiger partial charge in [-0.2, -0.15) is 0 Å². The number of allylic oxidation sites excluding steroid dienone is 18. The van der Waals surface area contributed by atoms with Crippen LogP contribution < -0.4 is 0 Å². The molecule has 0 radical (unpaired) electrons. The fourth-order valence-corrected chi connectivity index (χ4v) is 8.07. The quantitative estimate of drug-likeness (QED) is 0.00756. The third-order valence-corrected chi connectivity index (χ3v) is 11.8. The maximum Gasteiger partial charge on any atom is 0.472 e. The molecule has 1 aliphatic rings. The van der Waals surface area contributed by atoms with Crippen LogP contribution in [0, 0.1) is 0 Å². The number of ketones is 1. The van der Waals surface area contributed by atoms with Crippen molar-refractivity contribution in [2.24, 2.45) is 0 Å². The topological polar surface area (TPSA) is 273 Å². The second kappa shape index (κ2) is 39.9. The number of carbonyl (C=O) groups is 3. The van der Waals surface area contributed by atoms with Gasteiger partial charge in [-0.15, -0.1) is 0 Å². The Morgan fingerprint density at radius 3 is 1.56 bits per heavy atom. The predicted octanol–water partition coefficient (Wildman–Crippen LogP) is 8.91. The highest BCUT2D eigenvalue weighted by Gasteiger charge is 2.54. The minimum absolute atomic E-state index is 0.0439. The Bertz CT molecular complexity index is 1830. The van der Waals surface area contributed by atoms with Gasteiger partial charge >= 0.3 is 27.6 Å². The number of unbranched alkanes of at least 4 members (excludes halogenated alkanes) is 6. The number of rotatable bonds is 39. The van der Waals surface area contributed by atoms with Crippen LogP contribution in [0.1, 0.15) is 136 Å². The maximum absolute atomic E-state index is 13.0. The van der Waals surface area contributed by atoms with Gasteiger partial charge in [0, 0.05) is 19.3 Å². The number of aliphatic hydroxyl groups is 4. The number of aliphatic hydroxyl groups excluding tert-OH is 4. The average molecular weight is 1030 g/mol. The standard InChI is InChI=1S/C51H80O17P2/c1-3-5-7-9-11-13-15-17-18-19-20-21-22-24-26-28-30-32-34-38-45(54)66-43(41-65-70(62,63)68-51-48(57)46(55)47(56)50(49(51)58)67-69(59,60)61)40-64-44(53)39-35-37-42(52)36-33-31-29-27-25-23-16-14-12-10-8-6-4-2/h5,7,11-14,17-18,20-21,23-26,29,31,33,36,43,46-51,55-58H,3-4,6,8-10,15-16,19,22,27-28,30,32,34-35,37-41H2,1-2H3,(H,62,63)(H2,59,60,61)/b7-5-,13-11-,14-12-,18-17-,21-20-,25-23-,26-24-,31-29-,36-33+/t43-,46?,47?,48?,49?,50-,51+/m1/s1. The first-order valence-corrected chi connectivity index (χ1v) is 27.4. The van der Waals surface area contributed by atoms with Crippen molar-refractivity contribution >= 4 is 33.4 Å². The Morgan fingerprint density at radius 2 is 1.01 bits per heavy atom. The van der Waals surface area contributed by atoms with Crippen molar-refractivity contribution in [2.75, 3.05) is 13.2 Å².